The van der Waals surface area contributed by atoms with Gasteiger partial charge in [-0.1, -0.05) is 12.1 Å². The molecule has 0 aliphatic heterocycles. The fourth-order valence-electron chi connectivity index (χ4n) is 1.51. The van der Waals surface area contributed by atoms with Gasteiger partial charge in [-0.3, -0.25) is 10.1 Å². The van der Waals surface area contributed by atoms with Gasteiger partial charge in [-0.15, -0.1) is 11.3 Å². The van der Waals surface area contributed by atoms with E-state index in [1.54, 1.807) is 11.3 Å². The van der Waals surface area contributed by atoms with Crippen molar-refractivity contribution in [1.82, 2.24) is 0 Å². The van der Waals surface area contributed by atoms with Gasteiger partial charge < -0.3 is 4.74 Å². The summed E-state index contributed by atoms with van der Waals surface area (Å²) in [6.45, 7) is 0.283. The average Bonchev–Trinajstić information content (AvgIpc) is 2.81. The molecule has 1 aromatic carbocycles. The van der Waals surface area contributed by atoms with Crippen molar-refractivity contribution >= 4 is 17.0 Å². The van der Waals surface area contributed by atoms with Gasteiger partial charge in [0.2, 0.25) is 5.82 Å². The molecule has 4 nitrogen and oxygen atoms in total. The topological polar surface area (TPSA) is 52.4 Å². The minimum atomic E-state index is -0.881. The molecule has 18 heavy (non-hydrogen) atoms. The van der Waals surface area contributed by atoms with Crippen molar-refractivity contribution in [1.29, 1.82) is 0 Å². The second-order valence-corrected chi connectivity index (χ2v) is 4.55. The van der Waals surface area contributed by atoms with Crippen LogP contribution in [0, 0.1) is 15.9 Å². The van der Waals surface area contributed by atoms with Crippen LogP contribution in [0.25, 0.3) is 0 Å². The monoisotopic (exact) mass is 267 g/mol. The number of nitro groups is 1. The van der Waals surface area contributed by atoms with Crippen molar-refractivity contribution in [3.05, 3.63) is 56.5 Å². The van der Waals surface area contributed by atoms with Crippen LogP contribution in [-0.4, -0.2) is 11.5 Å². The second-order valence-electron chi connectivity index (χ2n) is 3.52. The first-order chi connectivity index (χ1) is 8.68. The molecule has 0 atom stereocenters. The molecule has 0 unspecified atom stereocenters. The van der Waals surface area contributed by atoms with Gasteiger partial charge >= 0.3 is 5.69 Å². The number of hydrogen-bond donors (Lipinski definition) is 0. The summed E-state index contributed by atoms with van der Waals surface area (Å²) >= 11 is 1.58. The Bertz CT molecular complexity index is 542. The summed E-state index contributed by atoms with van der Waals surface area (Å²) in [5.74, 6) is -0.912. The number of para-hydroxylation sites is 1. The van der Waals surface area contributed by atoms with Crippen LogP contribution in [0.15, 0.2) is 35.7 Å². The maximum Gasteiger partial charge on any atom is 0.346 e. The van der Waals surface area contributed by atoms with Gasteiger partial charge in [0, 0.05) is 11.3 Å². The number of ether oxygens (including phenoxy) is 1. The van der Waals surface area contributed by atoms with Crippen molar-refractivity contribution in [2.75, 3.05) is 6.61 Å². The zero-order valence-electron chi connectivity index (χ0n) is 9.34. The van der Waals surface area contributed by atoms with E-state index in [9.17, 15) is 14.5 Å². The van der Waals surface area contributed by atoms with Gasteiger partial charge in [0.1, 0.15) is 0 Å². The highest BCUT2D eigenvalue weighted by molar-refractivity contribution is 7.09. The highest BCUT2D eigenvalue weighted by Crippen LogP contribution is 2.29. The number of nitro benzene ring substituents is 1. The van der Waals surface area contributed by atoms with E-state index in [0.29, 0.717) is 6.42 Å². The molecular weight excluding hydrogens is 257 g/mol. The molecule has 0 spiro atoms. The normalized spacial score (nSPS) is 10.3. The molecule has 0 N–H and O–H groups in total. The van der Waals surface area contributed by atoms with E-state index in [1.165, 1.54) is 12.1 Å². The lowest BCUT2D eigenvalue weighted by Crippen LogP contribution is -2.03. The van der Waals surface area contributed by atoms with Gasteiger partial charge in [-0.05, 0) is 23.6 Å². The predicted molar refractivity (Wildman–Crippen MR) is 66.6 cm³/mol. The SMILES string of the molecule is O=[N+]([O-])c1c(F)cccc1OCCc1cccs1. The Labute approximate surface area is 107 Å². The molecule has 0 saturated carbocycles. The van der Waals surface area contributed by atoms with Crippen LogP contribution < -0.4 is 4.74 Å². The standard InChI is InChI=1S/C12H10FNO3S/c13-10-4-1-5-11(12(10)14(15)16)17-7-6-9-3-2-8-18-9/h1-5,8H,6-7H2. The summed E-state index contributed by atoms with van der Waals surface area (Å²) in [6, 6.07) is 7.71. The average molecular weight is 267 g/mol. The number of thiophene rings is 1. The van der Waals surface area contributed by atoms with E-state index in [2.05, 4.69) is 0 Å². The highest BCUT2D eigenvalue weighted by atomic mass is 32.1. The largest absolute Gasteiger partial charge is 0.486 e. The zero-order chi connectivity index (χ0) is 13.0. The molecule has 2 aromatic rings. The number of rotatable bonds is 5. The van der Waals surface area contributed by atoms with Crippen molar-refractivity contribution < 1.29 is 14.1 Å². The molecular formula is C12H10FNO3S. The molecule has 0 saturated heterocycles. The molecule has 2 rings (SSSR count). The van der Waals surface area contributed by atoms with E-state index in [4.69, 9.17) is 4.74 Å². The van der Waals surface area contributed by atoms with Crippen LogP contribution in [0.1, 0.15) is 4.88 Å². The van der Waals surface area contributed by atoms with Gasteiger partial charge in [0.05, 0.1) is 11.5 Å². The quantitative estimate of drug-likeness (QED) is 0.616. The van der Waals surface area contributed by atoms with Gasteiger partial charge in [-0.25, -0.2) is 0 Å². The lowest BCUT2D eigenvalue weighted by atomic mass is 10.3. The Balaban J connectivity index is 2.05. The van der Waals surface area contributed by atoms with Crippen LogP contribution in [0.5, 0.6) is 5.75 Å². The minimum absolute atomic E-state index is 0.0310. The molecule has 1 aromatic heterocycles. The molecule has 6 heteroatoms. The van der Waals surface area contributed by atoms with E-state index >= 15 is 0 Å². The van der Waals surface area contributed by atoms with Crippen LogP contribution >= 0.6 is 11.3 Å². The summed E-state index contributed by atoms with van der Waals surface area (Å²) in [5, 5.41) is 12.7. The summed E-state index contributed by atoms with van der Waals surface area (Å²) in [7, 11) is 0. The smallest absolute Gasteiger partial charge is 0.346 e. The maximum absolute atomic E-state index is 13.3. The summed E-state index contributed by atoms with van der Waals surface area (Å²) < 4.78 is 18.6. The molecule has 0 amide bonds. The second kappa shape index (κ2) is 5.59. The maximum atomic E-state index is 13.3. The van der Waals surface area contributed by atoms with Crippen molar-refractivity contribution in [3.8, 4) is 5.75 Å². The fourth-order valence-corrected chi connectivity index (χ4v) is 2.20. The number of nitrogens with zero attached hydrogens (tertiary/aromatic N) is 1. The Hall–Kier alpha value is -1.95. The first-order valence-corrected chi connectivity index (χ1v) is 6.14. The lowest BCUT2D eigenvalue weighted by molar-refractivity contribution is -0.388. The Kier molecular flexibility index (Phi) is 3.88. The van der Waals surface area contributed by atoms with E-state index in [-0.39, 0.29) is 12.4 Å². The van der Waals surface area contributed by atoms with Crippen LogP contribution in [0.4, 0.5) is 10.1 Å². The third kappa shape index (κ3) is 2.84. The Morgan fingerprint density at radius 1 is 1.33 bits per heavy atom. The van der Waals surface area contributed by atoms with E-state index in [1.807, 2.05) is 17.5 Å². The molecule has 0 radical (unpaired) electrons. The molecule has 94 valence electrons. The summed E-state index contributed by atoms with van der Waals surface area (Å²) in [4.78, 5) is 11.1. The van der Waals surface area contributed by atoms with E-state index in [0.717, 1.165) is 10.9 Å². The van der Waals surface area contributed by atoms with Crippen LogP contribution in [0.2, 0.25) is 0 Å². The molecule has 0 bridgehead atoms. The Morgan fingerprint density at radius 2 is 2.17 bits per heavy atom. The Morgan fingerprint density at radius 3 is 2.83 bits per heavy atom. The van der Waals surface area contributed by atoms with E-state index < -0.39 is 16.4 Å². The third-order valence-corrected chi connectivity index (χ3v) is 3.25. The molecule has 1 heterocycles. The minimum Gasteiger partial charge on any atom is -0.486 e. The van der Waals surface area contributed by atoms with Gasteiger partial charge in [-0.2, -0.15) is 4.39 Å². The summed E-state index contributed by atoms with van der Waals surface area (Å²) in [6.07, 6.45) is 0.644. The number of halogens is 1. The highest BCUT2D eigenvalue weighted by Gasteiger charge is 2.20. The predicted octanol–water partition coefficient (Wildman–Crippen LogP) is 3.42. The van der Waals surface area contributed by atoms with Crippen molar-refractivity contribution in [2.45, 2.75) is 6.42 Å². The van der Waals surface area contributed by atoms with Gasteiger partial charge in [0.25, 0.3) is 0 Å². The van der Waals surface area contributed by atoms with Crippen LogP contribution in [-0.2, 0) is 6.42 Å². The van der Waals surface area contributed by atoms with Gasteiger partial charge in [0.15, 0.2) is 5.75 Å². The van der Waals surface area contributed by atoms with Crippen molar-refractivity contribution in [3.63, 3.8) is 0 Å². The molecule has 0 fully saturated rings. The summed E-state index contributed by atoms with van der Waals surface area (Å²) in [5.41, 5.74) is -0.608. The van der Waals surface area contributed by atoms with Crippen molar-refractivity contribution in [2.24, 2.45) is 0 Å². The third-order valence-electron chi connectivity index (χ3n) is 2.32. The molecule has 0 aliphatic rings. The first kappa shape index (κ1) is 12.5. The zero-order valence-corrected chi connectivity index (χ0v) is 10.2. The van der Waals surface area contributed by atoms with Crippen LogP contribution in [0.3, 0.4) is 0 Å². The number of benzene rings is 1. The molecule has 0 aliphatic carbocycles. The number of hydrogen-bond acceptors (Lipinski definition) is 4. The lowest BCUT2D eigenvalue weighted by Gasteiger charge is -2.06. The fraction of sp³-hybridized carbons (Fsp3) is 0.167. The first-order valence-electron chi connectivity index (χ1n) is 5.26.